The van der Waals surface area contributed by atoms with E-state index in [2.05, 4.69) is 5.32 Å². The second kappa shape index (κ2) is 10.1. The molecule has 0 unspecified atom stereocenters. The summed E-state index contributed by atoms with van der Waals surface area (Å²) in [4.78, 5) is 26.0. The summed E-state index contributed by atoms with van der Waals surface area (Å²) in [5.74, 6) is 0.257. The monoisotopic (exact) mass is 444 g/mol. The number of carbonyl (C=O) groups excluding carboxylic acids is 2. The van der Waals surface area contributed by atoms with E-state index in [0.717, 1.165) is 17.5 Å². The Morgan fingerprint density at radius 2 is 1.77 bits per heavy atom. The summed E-state index contributed by atoms with van der Waals surface area (Å²) in [6, 6.07) is 15.1. The van der Waals surface area contributed by atoms with Crippen molar-refractivity contribution in [1.82, 2.24) is 4.90 Å². The van der Waals surface area contributed by atoms with Crippen LogP contribution >= 0.6 is 11.6 Å². The van der Waals surface area contributed by atoms with Gasteiger partial charge in [-0.3, -0.25) is 5.32 Å². The van der Waals surface area contributed by atoms with Gasteiger partial charge in [-0.15, -0.1) is 0 Å². The minimum Gasteiger partial charge on any atom is -0.449 e. The summed E-state index contributed by atoms with van der Waals surface area (Å²) in [5.41, 5.74) is 2.36. The number of amides is 2. The Labute approximate surface area is 188 Å². The number of nitrogens with zero attached hydrogens (tertiary/aromatic N) is 1. The fourth-order valence-corrected chi connectivity index (χ4v) is 3.56. The van der Waals surface area contributed by atoms with E-state index < -0.39 is 11.7 Å². The lowest BCUT2D eigenvalue weighted by atomic mass is 9.98. The SMILES string of the molecule is CC(C)(C)OC(=O)N1CC[C@@H](c2ccc(NC(=O)OCCc3ccc(Cl)cc3)cc2)C1. The molecule has 2 aromatic carbocycles. The van der Waals surface area contributed by atoms with E-state index >= 15 is 0 Å². The molecule has 1 fully saturated rings. The molecule has 0 bridgehead atoms. The van der Waals surface area contributed by atoms with Gasteiger partial charge in [0.05, 0.1) is 6.61 Å². The first-order valence-electron chi connectivity index (χ1n) is 10.5. The van der Waals surface area contributed by atoms with Crippen molar-refractivity contribution in [1.29, 1.82) is 0 Å². The first-order valence-corrected chi connectivity index (χ1v) is 10.8. The van der Waals surface area contributed by atoms with Crippen LogP contribution in [-0.4, -0.2) is 42.4 Å². The normalized spacial score (nSPS) is 16.1. The summed E-state index contributed by atoms with van der Waals surface area (Å²) in [5, 5.41) is 3.42. The van der Waals surface area contributed by atoms with Gasteiger partial charge in [0.15, 0.2) is 0 Å². The minimum absolute atomic E-state index is 0.257. The predicted octanol–water partition coefficient (Wildman–Crippen LogP) is 5.86. The second-order valence-corrected chi connectivity index (χ2v) is 9.11. The molecule has 1 aliphatic heterocycles. The van der Waals surface area contributed by atoms with Gasteiger partial charge >= 0.3 is 12.2 Å². The molecule has 1 saturated heterocycles. The van der Waals surface area contributed by atoms with Crippen LogP contribution < -0.4 is 5.32 Å². The summed E-state index contributed by atoms with van der Waals surface area (Å²) in [6.45, 7) is 7.20. The van der Waals surface area contributed by atoms with E-state index in [9.17, 15) is 9.59 Å². The highest BCUT2D eigenvalue weighted by Crippen LogP contribution is 2.29. The Balaban J connectivity index is 1.44. The third-order valence-corrected chi connectivity index (χ3v) is 5.26. The molecule has 31 heavy (non-hydrogen) atoms. The largest absolute Gasteiger partial charge is 0.449 e. The van der Waals surface area contributed by atoms with Crippen molar-refractivity contribution in [3.05, 3.63) is 64.7 Å². The van der Waals surface area contributed by atoms with Gasteiger partial charge in [0.1, 0.15) is 5.60 Å². The number of hydrogen-bond acceptors (Lipinski definition) is 4. The van der Waals surface area contributed by atoms with Gasteiger partial charge in [-0.25, -0.2) is 9.59 Å². The zero-order valence-electron chi connectivity index (χ0n) is 18.2. The van der Waals surface area contributed by atoms with Gasteiger partial charge in [-0.05, 0) is 62.6 Å². The van der Waals surface area contributed by atoms with Crippen molar-refractivity contribution in [3.8, 4) is 0 Å². The number of ether oxygens (including phenoxy) is 2. The molecule has 1 heterocycles. The minimum atomic E-state index is -0.494. The number of nitrogens with one attached hydrogen (secondary N) is 1. The number of carbonyl (C=O) groups is 2. The third-order valence-electron chi connectivity index (χ3n) is 5.01. The molecule has 3 rings (SSSR count). The van der Waals surface area contributed by atoms with Crippen LogP contribution in [0.5, 0.6) is 0 Å². The predicted molar refractivity (Wildman–Crippen MR) is 122 cm³/mol. The second-order valence-electron chi connectivity index (χ2n) is 8.67. The van der Waals surface area contributed by atoms with Crippen LogP contribution in [0, 0.1) is 0 Å². The number of rotatable bonds is 5. The van der Waals surface area contributed by atoms with E-state index in [1.165, 1.54) is 0 Å². The molecule has 6 nitrogen and oxygen atoms in total. The standard InChI is InChI=1S/C24H29ClN2O4/c1-24(2,3)31-23(29)27-14-12-19(16-27)18-6-10-21(11-7-18)26-22(28)30-15-13-17-4-8-20(25)9-5-17/h4-11,19H,12-16H2,1-3H3,(H,26,28)/t19-/m1/s1. The molecule has 2 amide bonds. The lowest BCUT2D eigenvalue weighted by Crippen LogP contribution is -2.35. The van der Waals surface area contributed by atoms with Crippen LogP contribution in [0.4, 0.5) is 15.3 Å². The molecule has 0 radical (unpaired) electrons. The molecule has 1 N–H and O–H groups in total. The fraction of sp³-hybridized carbons (Fsp3) is 0.417. The molecule has 0 aromatic heterocycles. The molecule has 0 spiro atoms. The number of anilines is 1. The van der Waals surface area contributed by atoms with Gasteiger partial charge in [0, 0.05) is 36.1 Å². The average Bonchev–Trinajstić information content (AvgIpc) is 3.19. The van der Waals surface area contributed by atoms with Crippen LogP contribution in [0.2, 0.25) is 5.02 Å². The van der Waals surface area contributed by atoms with Crippen LogP contribution in [0.3, 0.4) is 0 Å². The van der Waals surface area contributed by atoms with E-state index in [0.29, 0.717) is 30.2 Å². The Kier molecular flexibility index (Phi) is 7.44. The smallest absolute Gasteiger partial charge is 0.411 e. The maximum absolute atomic E-state index is 12.2. The Morgan fingerprint density at radius 3 is 2.42 bits per heavy atom. The molecule has 1 atom stereocenters. The third kappa shape index (κ3) is 7.17. The number of likely N-dealkylation sites (tertiary alicyclic amines) is 1. The van der Waals surface area contributed by atoms with Crippen molar-refractivity contribution in [3.63, 3.8) is 0 Å². The maximum Gasteiger partial charge on any atom is 0.411 e. The lowest BCUT2D eigenvalue weighted by molar-refractivity contribution is 0.0292. The van der Waals surface area contributed by atoms with Crippen LogP contribution in [0.15, 0.2) is 48.5 Å². The maximum atomic E-state index is 12.2. The number of benzene rings is 2. The molecule has 2 aromatic rings. The number of halogens is 1. The molecule has 0 aliphatic carbocycles. The Hall–Kier alpha value is -2.73. The summed E-state index contributed by atoms with van der Waals surface area (Å²) >= 11 is 5.86. The zero-order chi connectivity index (χ0) is 22.4. The van der Waals surface area contributed by atoms with Crippen LogP contribution in [0.25, 0.3) is 0 Å². The highest BCUT2D eigenvalue weighted by atomic mass is 35.5. The van der Waals surface area contributed by atoms with Gasteiger partial charge in [0.25, 0.3) is 0 Å². The Bertz CT molecular complexity index is 891. The summed E-state index contributed by atoms with van der Waals surface area (Å²) in [6.07, 6.45) is 0.756. The first kappa shape index (κ1) is 22.9. The average molecular weight is 445 g/mol. The van der Waals surface area contributed by atoms with E-state index in [-0.39, 0.29) is 18.6 Å². The van der Waals surface area contributed by atoms with E-state index in [4.69, 9.17) is 21.1 Å². The highest BCUT2D eigenvalue weighted by Gasteiger charge is 2.30. The number of hydrogen-bond donors (Lipinski definition) is 1. The van der Waals surface area contributed by atoms with Crippen molar-refractivity contribution >= 4 is 29.5 Å². The van der Waals surface area contributed by atoms with Crippen molar-refractivity contribution in [2.45, 2.75) is 45.1 Å². The highest BCUT2D eigenvalue weighted by molar-refractivity contribution is 6.30. The summed E-state index contributed by atoms with van der Waals surface area (Å²) in [7, 11) is 0. The zero-order valence-corrected chi connectivity index (χ0v) is 18.9. The van der Waals surface area contributed by atoms with Crippen molar-refractivity contribution in [2.75, 3.05) is 25.0 Å². The van der Waals surface area contributed by atoms with E-state index in [1.807, 2.05) is 69.3 Å². The molecule has 7 heteroatoms. The molecule has 1 aliphatic rings. The van der Waals surface area contributed by atoms with Gasteiger partial charge < -0.3 is 14.4 Å². The molecule has 166 valence electrons. The van der Waals surface area contributed by atoms with E-state index in [1.54, 1.807) is 4.90 Å². The molecular weight excluding hydrogens is 416 g/mol. The van der Waals surface area contributed by atoms with Crippen LogP contribution in [-0.2, 0) is 15.9 Å². The quantitative estimate of drug-likeness (QED) is 0.627. The Morgan fingerprint density at radius 1 is 1.10 bits per heavy atom. The van der Waals surface area contributed by atoms with Gasteiger partial charge in [-0.1, -0.05) is 35.9 Å². The topological polar surface area (TPSA) is 67.9 Å². The molecular formula is C24H29ClN2O4. The van der Waals surface area contributed by atoms with Crippen molar-refractivity contribution in [2.24, 2.45) is 0 Å². The summed E-state index contributed by atoms with van der Waals surface area (Å²) < 4.78 is 10.7. The van der Waals surface area contributed by atoms with Crippen LogP contribution in [0.1, 0.15) is 44.2 Å². The lowest BCUT2D eigenvalue weighted by Gasteiger charge is -2.24. The van der Waals surface area contributed by atoms with Gasteiger partial charge in [0.2, 0.25) is 0 Å². The van der Waals surface area contributed by atoms with Gasteiger partial charge in [-0.2, -0.15) is 0 Å². The fourth-order valence-electron chi connectivity index (χ4n) is 3.43. The molecule has 0 saturated carbocycles. The first-order chi connectivity index (χ1) is 14.7. The van der Waals surface area contributed by atoms with Crippen molar-refractivity contribution < 1.29 is 19.1 Å².